The van der Waals surface area contributed by atoms with Crippen LogP contribution in [0.5, 0.6) is 11.5 Å². The largest absolute Gasteiger partial charge is 0.493 e. The molecule has 0 aliphatic carbocycles. The topological polar surface area (TPSA) is 78.9 Å². The summed E-state index contributed by atoms with van der Waals surface area (Å²) in [5, 5.41) is 5.45. The van der Waals surface area contributed by atoms with Crippen LogP contribution in [0.2, 0.25) is 0 Å². The van der Waals surface area contributed by atoms with Crippen LogP contribution in [-0.4, -0.2) is 28.3 Å². The van der Waals surface area contributed by atoms with Crippen molar-refractivity contribution in [3.63, 3.8) is 0 Å². The SMILES string of the molecule is COc1cc(C=c2sc3nc(-c4oc5ccccc5c4C)nn3c2=O)ccc1OCC(C)C. The van der Waals surface area contributed by atoms with Gasteiger partial charge in [-0.15, -0.1) is 5.10 Å². The van der Waals surface area contributed by atoms with Gasteiger partial charge in [0.25, 0.3) is 5.56 Å². The summed E-state index contributed by atoms with van der Waals surface area (Å²) in [5.41, 5.74) is 2.34. The summed E-state index contributed by atoms with van der Waals surface area (Å²) in [5.74, 6) is 2.70. The van der Waals surface area contributed by atoms with Gasteiger partial charge in [-0.2, -0.15) is 9.50 Å². The monoisotopic (exact) mass is 461 g/mol. The lowest BCUT2D eigenvalue weighted by Gasteiger charge is -2.12. The lowest BCUT2D eigenvalue weighted by molar-refractivity contribution is 0.257. The maximum atomic E-state index is 13.0. The molecular formula is C25H23N3O4S. The molecule has 7 nitrogen and oxygen atoms in total. The molecule has 0 spiro atoms. The number of hydrogen-bond acceptors (Lipinski definition) is 7. The fourth-order valence-electron chi connectivity index (χ4n) is 3.62. The van der Waals surface area contributed by atoms with Gasteiger partial charge in [0, 0.05) is 10.9 Å². The number of nitrogens with zero attached hydrogens (tertiary/aromatic N) is 3. The Morgan fingerprint density at radius 2 is 2.00 bits per heavy atom. The zero-order valence-corrected chi connectivity index (χ0v) is 19.6. The third-order valence-corrected chi connectivity index (χ3v) is 6.25. The van der Waals surface area contributed by atoms with Crippen molar-refractivity contribution in [3.05, 3.63) is 68.5 Å². The first kappa shape index (κ1) is 21.2. The molecule has 0 fully saturated rings. The molecule has 5 aromatic rings. The number of rotatable bonds is 6. The van der Waals surface area contributed by atoms with E-state index >= 15 is 0 Å². The molecule has 0 unspecified atom stereocenters. The smallest absolute Gasteiger partial charge is 0.291 e. The summed E-state index contributed by atoms with van der Waals surface area (Å²) in [4.78, 5) is 18.1. The molecule has 8 heteroatoms. The van der Waals surface area contributed by atoms with Gasteiger partial charge in [0.05, 0.1) is 18.2 Å². The van der Waals surface area contributed by atoms with Gasteiger partial charge in [0.2, 0.25) is 10.8 Å². The maximum Gasteiger partial charge on any atom is 0.291 e. The third-order valence-electron chi connectivity index (χ3n) is 5.29. The van der Waals surface area contributed by atoms with Crippen LogP contribution < -0.4 is 19.6 Å². The van der Waals surface area contributed by atoms with Gasteiger partial charge >= 0.3 is 0 Å². The predicted molar refractivity (Wildman–Crippen MR) is 129 cm³/mol. The highest BCUT2D eigenvalue weighted by atomic mass is 32.1. The average Bonchev–Trinajstić information content (AvgIpc) is 3.45. The maximum absolute atomic E-state index is 13.0. The molecule has 2 aromatic carbocycles. The van der Waals surface area contributed by atoms with E-state index in [0.29, 0.717) is 45.1 Å². The van der Waals surface area contributed by atoms with Crippen LogP contribution >= 0.6 is 11.3 Å². The van der Waals surface area contributed by atoms with Gasteiger partial charge < -0.3 is 13.9 Å². The number of benzene rings is 2. The average molecular weight is 462 g/mol. The van der Waals surface area contributed by atoms with E-state index in [1.807, 2.05) is 55.5 Å². The number of hydrogen-bond donors (Lipinski definition) is 0. The number of aromatic nitrogens is 3. The highest BCUT2D eigenvalue weighted by Gasteiger charge is 2.19. The van der Waals surface area contributed by atoms with E-state index in [9.17, 15) is 4.79 Å². The first-order chi connectivity index (χ1) is 15.9. The second-order valence-corrected chi connectivity index (χ2v) is 9.22. The molecule has 0 N–H and O–H groups in total. The number of methoxy groups -OCH3 is 1. The number of aryl methyl sites for hydroxylation is 1. The molecule has 0 radical (unpaired) electrons. The van der Waals surface area contributed by atoms with Crippen molar-refractivity contribution < 1.29 is 13.9 Å². The summed E-state index contributed by atoms with van der Waals surface area (Å²) in [6, 6.07) is 13.4. The molecule has 0 amide bonds. The zero-order chi connectivity index (χ0) is 23.1. The summed E-state index contributed by atoms with van der Waals surface area (Å²) in [6.07, 6.45) is 1.81. The lowest BCUT2D eigenvalue weighted by atomic mass is 10.1. The Balaban J connectivity index is 1.51. The highest BCUT2D eigenvalue weighted by molar-refractivity contribution is 7.15. The minimum atomic E-state index is -0.221. The fourth-order valence-corrected chi connectivity index (χ4v) is 4.53. The normalized spacial score (nSPS) is 12.3. The van der Waals surface area contributed by atoms with E-state index in [0.717, 1.165) is 22.1 Å². The van der Waals surface area contributed by atoms with Gasteiger partial charge in [0.1, 0.15) is 5.58 Å². The summed E-state index contributed by atoms with van der Waals surface area (Å²) < 4.78 is 19.1. The Hall–Kier alpha value is -3.65. The molecule has 0 saturated heterocycles. The van der Waals surface area contributed by atoms with E-state index in [4.69, 9.17) is 13.9 Å². The van der Waals surface area contributed by atoms with E-state index in [1.54, 1.807) is 7.11 Å². The van der Waals surface area contributed by atoms with Crippen molar-refractivity contribution in [2.24, 2.45) is 5.92 Å². The number of thiazole rings is 1. The van der Waals surface area contributed by atoms with Gasteiger partial charge in [-0.25, -0.2) is 0 Å². The van der Waals surface area contributed by atoms with Crippen molar-refractivity contribution in [2.75, 3.05) is 13.7 Å². The first-order valence-electron chi connectivity index (χ1n) is 10.6. The van der Waals surface area contributed by atoms with Crippen LogP contribution in [0.25, 0.3) is 33.6 Å². The Kier molecular flexibility index (Phi) is 5.38. The number of para-hydroxylation sites is 1. The molecule has 0 atom stereocenters. The standard InChI is InChI=1S/C25H23N3O4S/c1-14(2)13-31-19-10-9-16(11-20(19)30-4)12-21-24(29)28-25(33-21)26-23(27-28)22-15(3)17-7-5-6-8-18(17)32-22/h5-12,14H,13H2,1-4H3. The van der Waals surface area contributed by atoms with Gasteiger partial charge in [-0.3, -0.25) is 4.79 Å². The quantitative estimate of drug-likeness (QED) is 0.371. The first-order valence-corrected chi connectivity index (χ1v) is 11.5. The number of furan rings is 1. The van der Waals surface area contributed by atoms with Crippen LogP contribution in [0.4, 0.5) is 0 Å². The molecule has 0 saturated carbocycles. The Morgan fingerprint density at radius 1 is 1.18 bits per heavy atom. The molecule has 0 bridgehead atoms. The molecule has 33 heavy (non-hydrogen) atoms. The van der Waals surface area contributed by atoms with Crippen LogP contribution in [0.1, 0.15) is 25.0 Å². The Morgan fingerprint density at radius 3 is 2.73 bits per heavy atom. The second kappa shape index (κ2) is 8.37. The summed E-state index contributed by atoms with van der Waals surface area (Å²) >= 11 is 1.29. The van der Waals surface area contributed by atoms with Crippen molar-refractivity contribution in [1.29, 1.82) is 0 Å². The van der Waals surface area contributed by atoms with Gasteiger partial charge in [-0.1, -0.05) is 49.4 Å². The molecule has 0 aliphatic rings. The highest BCUT2D eigenvalue weighted by Crippen LogP contribution is 2.31. The number of ether oxygens (including phenoxy) is 2. The van der Waals surface area contributed by atoms with Crippen molar-refractivity contribution in [2.45, 2.75) is 20.8 Å². The second-order valence-electron chi connectivity index (χ2n) is 8.21. The van der Waals surface area contributed by atoms with Crippen molar-refractivity contribution in [1.82, 2.24) is 14.6 Å². The zero-order valence-electron chi connectivity index (χ0n) is 18.8. The van der Waals surface area contributed by atoms with E-state index in [1.165, 1.54) is 15.9 Å². The minimum Gasteiger partial charge on any atom is -0.493 e. The number of fused-ring (bicyclic) bond motifs is 2. The summed E-state index contributed by atoms with van der Waals surface area (Å²) in [7, 11) is 1.60. The molecular weight excluding hydrogens is 438 g/mol. The predicted octanol–water partition coefficient (Wildman–Crippen LogP) is 4.46. The molecule has 5 rings (SSSR count). The third kappa shape index (κ3) is 3.87. The Labute approximate surface area is 193 Å². The minimum absolute atomic E-state index is 0.221. The van der Waals surface area contributed by atoms with E-state index in [2.05, 4.69) is 23.9 Å². The molecule has 0 aliphatic heterocycles. The van der Waals surface area contributed by atoms with Gasteiger partial charge in [-0.05, 0) is 42.7 Å². The van der Waals surface area contributed by atoms with E-state index < -0.39 is 0 Å². The lowest BCUT2D eigenvalue weighted by Crippen LogP contribution is -2.23. The van der Waals surface area contributed by atoms with Crippen LogP contribution in [0.3, 0.4) is 0 Å². The van der Waals surface area contributed by atoms with Crippen LogP contribution in [0, 0.1) is 12.8 Å². The van der Waals surface area contributed by atoms with Crippen LogP contribution in [-0.2, 0) is 0 Å². The van der Waals surface area contributed by atoms with Crippen molar-refractivity contribution >= 4 is 33.3 Å². The molecule has 3 heterocycles. The van der Waals surface area contributed by atoms with Gasteiger partial charge in [0.15, 0.2) is 17.3 Å². The Bertz CT molecular complexity index is 1580. The van der Waals surface area contributed by atoms with E-state index in [-0.39, 0.29) is 5.56 Å². The molecule has 168 valence electrons. The molecule has 3 aromatic heterocycles. The summed E-state index contributed by atoms with van der Waals surface area (Å²) in [6.45, 7) is 6.75. The van der Waals surface area contributed by atoms with Crippen LogP contribution in [0.15, 0.2) is 51.7 Å². The fraction of sp³-hybridized carbons (Fsp3) is 0.240. The van der Waals surface area contributed by atoms with Crippen molar-refractivity contribution in [3.8, 4) is 23.1 Å².